The van der Waals surface area contributed by atoms with Crippen LogP contribution in [-0.4, -0.2) is 28.8 Å². The van der Waals surface area contributed by atoms with Crippen LogP contribution < -0.4 is 15.6 Å². The minimum Gasteiger partial charge on any atom is -0.372 e. The lowest BCUT2D eigenvalue weighted by Gasteiger charge is -2.28. The molecule has 29 heavy (non-hydrogen) atoms. The maximum Gasteiger partial charge on any atom is 0.280 e. The molecule has 0 aliphatic carbocycles. The summed E-state index contributed by atoms with van der Waals surface area (Å²) in [4.78, 5) is 27.8. The van der Waals surface area contributed by atoms with Crippen LogP contribution in [0.25, 0.3) is 10.9 Å². The molecule has 3 aromatic rings. The number of aryl methyl sites for hydroxylation is 1. The summed E-state index contributed by atoms with van der Waals surface area (Å²) in [6.07, 6.45) is 3.65. The van der Waals surface area contributed by atoms with Gasteiger partial charge in [-0.25, -0.2) is 4.39 Å². The van der Waals surface area contributed by atoms with Gasteiger partial charge in [-0.3, -0.25) is 14.3 Å². The fraction of sp³-hybridized carbons (Fsp3) is 0.318. The number of anilines is 2. The van der Waals surface area contributed by atoms with Crippen molar-refractivity contribution in [2.24, 2.45) is 0 Å². The summed E-state index contributed by atoms with van der Waals surface area (Å²) in [5.41, 5.74) is 1.38. The van der Waals surface area contributed by atoms with Gasteiger partial charge >= 0.3 is 0 Å². The number of halogens is 1. The lowest BCUT2D eigenvalue weighted by Crippen LogP contribution is -2.29. The molecule has 0 spiro atoms. The van der Waals surface area contributed by atoms with Crippen LogP contribution in [0.5, 0.6) is 0 Å². The molecule has 0 atom stereocenters. The van der Waals surface area contributed by atoms with Crippen LogP contribution in [0.1, 0.15) is 36.7 Å². The van der Waals surface area contributed by atoms with Gasteiger partial charge in [0.05, 0.1) is 10.9 Å². The molecule has 1 aliphatic heterocycles. The number of carbonyl (C=O) groups is 1. The molecule has 1 aromatic heterocycles. The molecule has 1 saturated heterocycles. The molecule has 1 amide bonds. The average Bonchev–Trinajstić information content (AvgIpc) is 2.75. The second-order valence-electron chi connectivity index (χ2n) is 7.20. The van der Waals surface area contributed by atoms with Crippen molar-refractivity contribution >= 4 is 28.2 Å². The Bertz CT molecular complexity index is 1100. The van der Waals surface area contributed by atoms with Gasteiger partial charge in [0.2, 0.25) is 5.43 Å². The quantitative estimate of drug-likeness (QED) is 0.731. The fourth-order valence-electron chi connectivity index (χ4n) is 3.75. The topological polar surface area (TPSA) is 67.2 Å². The van der Waals surface area contributed by atoms with Gasteiger partial charge in [0.25, 0.3) is 5.91 Å². The van der Waals surface area contributed by atoms with Gasteiger partial charge in [-0.15, -0.1) is 0 Å². The van der Waals surface area contributed by atoms with E-state index in [4.69, 9.17) is 0 Å². The number of carbonyl (C=O) groups excluding carboxylic acids is 1. The third kappa shape index (κ3) is 3.85. The van der Waals surface area contributed by atoms with Crippen LogP contribution in [-0.2, 0) is 6.54 Å². The molecule has 0 bridgehead atoms. The number of nitrogens with one attached hydrogen (secondary N) is 1. The highest BCUT2D eigenvalue weighted by atomic mass is 19.1. The van der Waals surface area contributed by atoms with Crippen LogP contribution in [0.4, 0.5) is 15.8 Å². The summed E-state index contributed by atoms with van der Waals surface area (Å²) < 4.78 is 15.2. The molecule has 1 N–H and O–H groups in total. The van der Waals surface area contributed by atoms with Crippen molar-refractivity contribution in [3.8, 4) is 0 Å². The Labute approximate surface area is 167 Å². The number of nitrogens with zero attached hydrogens (tertiary/aromatic N) is 3. The Kier molecular flexibility index (Phi) is 5.29. The van der Waals surface area contributed by atoms with Crippen LogP contribution in [0.15, 0.2) is 47.3 Å². The van der Waals surface area contributed by atoms with Crippen molar-refractivity contribution in [3.05, 3.63) is 64.2 Å². The number of hydrogen-bond acceptors (Lipinski definition) is 4. The SMILES string of the molecule is CCn1nc(C(=O)Nc2ccc(N3CCCCC3)cc2)c(=O)c2cc(F)ccc21. The summed E-state index contributed by atoms with van der Waals surface area (Å²) in [5, 5.41) is 7.08. The standard InChI is InChI=1S/C22H23FN4O2/c1-2-27-19-11-6-15(23)14-18(19)21(28)20(25-27)22(29)24-16-7-9-17(10-8-16)26-12-4-3-5-13-26/h6-11,14H,2-5,12-13H2,1H3,(H,24,29). The zero-order chi connectivity index (χ0) is 20.4. The van der Waals surface area contributed by atoms with Crippen LogP contribution >= 0.6 is 0 Å². The third-order valence-electron chi connectivity index (χ3n) is 5.28. The zero-order valence-electron chi connectivity index (χ0n) is 16.3. The first-order valence-electron chi connectivity index (χ1n) is 9.93. The number of rotatable bonds is 4. The summed E-state index contributed by atoms with van der Waals surface area (Å²) in [6, 6.07) is 11.5. The highest BCUT2D eigenvalue weighted by Crippen LogP contribution is 2.22. The summed E-state index contributed by atoms with van der Waals surface area (Å²) in [5.74, 6) is -1.13. The minimum absolute atomic E-state index is 0.146. The minimum atomic E-state index is -0.603. The van der Waals surface area contributed by atoms with Crippen molar-refractivity contribution in [1.82, 2.24) is 9.78 Å². The van der Waals surface area contributed by atoms with Crippen molar-refractivity contribution in [1.29, 1.82) is 0 Å². The van der Waals surface area contributed by atoms with Gasteiger partial charge in [-0.2, -0.15) is 5.10 Å². The van der Waals surface area contributed by atoms with Gasteiger partial charge in [-0.1, -0.05) is 0 Å². The largest absolute Gasteiger partial charge is 0.372 e. The molecule has 1 fully saturated rings. The van der Waals surface area contributed by atoms with E-state index in [-0.39, 0.29) is 11.1 Å². The van der Waals surface area contributed by atoms with E-state index in [9.17, 15) is 14.0 Å². The van der Waals surface area contributed by atoms with Crippen molar-refractivity contribution in [2.75, 3.05) is 23.3 Å². The molecule has 1 aliphatic rings. The normalized spacial score (nSPS) is 14.2. The smallest absolute Gasteiger partial charge is 0.280 e. The van der Waals surface area contributed by atoms with Crippen LogP contribution in [0, 0.1) is 5.82 Å². The van der Waals surface area contributed by atoms with Gasteiger partial charge in [0.1, 0.15) is 5.82 Å². The lowest BCUT2D eigenvalue weighted by atomic mass is 10.1. The Balaban J connectivity index is 1.60. The zero-order valence-corrected chi connectivity index (χ0v) is 16.3. The second-order valence-corrected chi connectivity index (χ2v) is 7.20. The summed E-state index contributed by atoms with van der Waals surface area (Å²) in [7, 11) is 0. The lowest BCUT2D eigenvalue weighted by molar-refractivity contribution is 0.101. The Morgan fingerprint density at radius 1 is 1.10 bits per heavy atom. The number of hydrogen-bond donors (Lipinski definition) is 1. The Hall–Kier alpha value is -3.22. The van der Waals surface area contributed by atoms with Crippen molar-refractivity contribution in [3.63, 3.8) is 0 Å². The molecule has 2 aromatic carbocycles. The summed E-state index contributed by atoms with van der Waals surface area (Å²) in [6.45, 7) is 4.38. The van der Waals surface area contributed by atoms with Gasteiger partial charge in [0, 0.05) is 31.0 Å². The first-order valence-corrected chi connectivity index (χ1v) is 9.93. The van der Waals surface area contributed by atoms with E-state index < -0.39 is 17.2 Å². The molecule has 0 unspecified atom stereocenters. The monoisotopic (exact) mass is 394 g/mol. The van der Waals surface area contributed by atoms with E-state index in [1.54, 1.807) is 0 Å². The number of piperidine rings is 1. The average molecular weight is 394 g/mol. The van der Waals surface area contributed by atoms with E-state index in [0.717, 1.165) is 24.8 Å². The van der Waals surface area contributed by atoms with E-state index in [1.165, 1.54) is 36.1 Å². The number of amides is 1. The molecular weight excluding hydrogens is 371 g/mol. The van der Waals surface area contributed by atoms with Crippen LogP contribution in [0.2, 0.25) is 0 Å². The van der Waals surface area contributed by atoms with E-state index in [2.05, 4.69) is 15.3 Å². The maximum absolute atomic E-state index is 13.7. The molecular formula is C22H23FN4O2. The molecule has 0 saturated carbocycles. The number of fused-ring (bicyclic) bond motifs is 1. The predicted octanol–water partition coefficient (Wildman–Crippen LogP) is 3.80. The molecule has 2 heterocycles. The van der Waals surface area contributed by atoms with Crippen molar-refractivity contribution < 1.29 is 9.18 Å². The van der Waals surface area contributed by atoms with E-state index in [0.29, 0.717) is 17.7 Å². The highest BCUT2D eigenvalue weighted by Gasteiger charge is 2.18. The van der Waals surface area contributed by atoms with Crippen LogP contribution in [0.3, 0.4) is 0 Å². The Morgan fingerprint density at radius 2 is 1.83 bits per heavy atom. The first-order chi connectivity index (χ1) is 14.1. The third-order valence-corrected chi connectivity index (χ3v) is 5.28. The Morgan fingerprint density at radius 3 is 2.52 bits per heavy atom. The first kappa shape index (κ1) is 19.1. The number of benzene rings is 2. The van der Waals surface area contributed by atoms with Crippen molar-refractivity contribution in [2.45, 2.75) is 32.7 Å². The fourth-order valence-corrected chi connectivity index (χ4v) is 3.75. The number of aromatic nitrogens is 2. The molecule has 4 rings (SSSR count). The van der Waals surface area contributed by atoms with Gasteiger partial charge in [-0.05, 0) is 68.7 Å². The molecule has 6 nitrogen and oxygen atoms in total. The maximum atomic E-state index is 13.7. The van der Waals surface area contributed by atoms with E-state index >= 15 is 0 Å². The van der Waals surface area contributed by atoms with Gasteiger partial charge < -0.3 is 10.2 Å². The van der Waals surface area contributed by atoms with Gasteiger partial charge in [0.15, 0.2) is 5.69 Å². The molecule has 150 valence electrons. The summed E-state index contributed by atoms with van der Waals surface area (Å²) >= 11 is 0. The molecule has 0 radical (unpaired) electrons. The highest BCUT2D eigenvalue weighted by molar-refractivity contribution is 6.04. The second kappa shape index (κ2) is 8.03. The predicted molar refractivity (Wildman–Crippen MR) is 112 cm³/mol. The molecule has 7 heteroatoms. The van der Waals surface area contributed by atoms with E-state index in [1.807, 2.05) is 31.2 Å².